The second-order valence-corrected chi connectivity index (χ2v) is 8.01. The highest BCUT2D eigenvalue weighted by atomic mass is 35.5. The van der Waals surface area contributed by atoms with Crippen molar-refractivity contribution in [2.45, 2.75) is 26.2 Å². The van der Waals surface area contributed by atoms with Crippen LogP contribution < -0.4 is 5.32 Å². The fourth-order valence-corrected chi connectivity index (χ4v) is 4.59. The first-order valence-electron chi connectivity index (χ1n) is 8.57. The number of aryl methyl sites for hydroxylation is 2. The van der Waals surface area contributed by atoms with E-state index >= 15 is 0 Å². The van der Waals surface area contributed by atoms with E-state index in [-0.39, 0.29) is 11.8 Å². The predicted octanol–water partition coefficient (Wildman–Crippen LogP) is 4.91. The minimum atomic E-state index is -0.0328. The minimum absolute atomic E-state index is 0.0328. The molecule has 1 atom stereocenters. The zero-order chi connectivity index (χ0) is 18.1. The number of fused-ring (bicyclic) bond motifs is 1. The van der Waals surface area contributed by atoms with E-state index in [0.29, 0.717) is 5.02 Å². The van der Waals surface area contributed by atoms with Crippen molar-refractivity contribution in [3.8, 4) is 10.7 Å². The minimum Gasteiger partial charge on any atom is -0.326 e. The molecule has 6 heteroatoms. The molecule has 1 N–H and O–H groups in total. The largest absolute Gasteiger partial charge is 0.326 e. The standard InChI is InChI=1S/C20H18ClN3OS/c1-12-10-14(21)6-8-15(12)23-19(25)13-5-7-16-18(11-13)26-20(24-16)17-4-2-3-9-22-17/h2-4,6,8-10,13H,5,7,11H2,1H3,(H,23,25). The van der Waals surface area contributed by atoms with Gasteiger partial charge in [0.2, 0.25) is 5.91 Å². The van der Waals surface area contributed by atoms with Crippen LogP contribution in [0.15, 0.2) is 42.6 Å². The van der Waals surface area contributed by atoms with E-state index in [4.69, 9.17) is 16.6 Å². The van der Waals surface area contributed by atoms with Gasteiger partial charge in [-0.3, -0.25) is 9.78 Å². The van der Waals surface area contributed by atoms with Gasteiger partial charge >= 0.3 is 0 Å². The number of anilines is 1. The zero-order valence-corrected chi connectivity index (χ0v) is 15.9. The monoisotopic (exact) mass is 383 g/mol. The van der Waals surface area contributed by atoms with Gasteiger partial charge in [-0.25, -0.2) is 4.98 Å². The number of hydrogen-bond acceptors (Lipinski definition) is 4. The SMILES string of the molecule is Cc1cc(Cl)ccc1NC(=O)C1CCc2nc(-c3ccccn3)sc2C1. The van der Waals surface area contributed by atoms with Crippen LogP contribution in [0.3, 0.4) is 0 Å². The first kappa shape index (κ1) is 17.2. The Bertz CT molecular complexity index is 955. The molecule has 0 fully saturated rings. The summed E-state index contributed by atoms with van der Waals surface area (Å²) in [6.45, 7) is 1.95. The predicted molar refractivity (Wildman–Crippen MR) is 106 cm³/mol. The third-order valence-corrected chi connectivity index (χ3v) is 6.02. The van der Waals surface area contributed by atoms with Crippen LogP contribution in [0.2, 0.25) is 5.02 Å². The summed E-state index contributed by atoms with van der Waals surface area (Å²) in [5, 5.41) is 4.66. The maximum absolute atomic E-state index is 12.7. The molecule has 1 unspecified atom stereocenters. The summed E-state index contributed by atoms with van der Waals surface area (Å²) >= 11 is 7.64. The molecule has 4 nitrogen and oxygen atoms in total. The average molecular weight is 384 g/mol. The Kier molecular flexibility index (Phi) is 4.74. The molecule has 3 aromatic rings. The number of carbonyl (C=O) groups excluding carboxylic acids is 1. The maximum Gasteiger partial charge on any atom is 0.227 e. The number of thiazole rings is 1. The molecule has 0 saturated heterocycles. The van der Waals surface area contributed by atoms with Crippen molar-refractivity contribution >= 4 is 34.5 Å². The smallest absolute Gasteiger partial charge is 0.227 e. The van der Waals surface area contributed by atoms with Gasteiger partial charge in [0.25, 0.3) is 0 Å². The number of aromatic nitrogens is 2. The summed E-state index contributed by atoms with van der Waals surface area (Å²) < 4.78 is 0. The highest BCUT2D eigenvalue weighted by molar-refractivity contribution is 7.15. The first-order chi connectivity index (χ1) is 12.6. The number of rotatable bonds is 3. The first-order valence-corrected chi connectivity index (χ1v) is 9.76. The van der Waals surface area contributed by atoms with Gasteiger partial charge in [-0.05, 0) is 62.1 Å². The van der Waals surface area contributed by atoms with E-state index in [9.17, 15) is 4.79 Å². The molecule has 132 valence electrons. The van der Waals surface area contributed by atoms with Crippen molar-refractivity contribution in [2.75, 3.05) is 5.32 Å². The maximum atomic E-state index is 12.7. The molecule has 26 heavy (non-hydrogen) atoms. The van der Waals surface area contributed by atoms with Gasteiger partial charge in [-0.2, -0.15) is 0 Å². The highest BCUT2D eigenvalue weighted by Crippen LogP contribution is 2.34. The van der Waals surface area contributed by atoms with E-state index in [2.05, 4.69) is 10.3 Å². The van der Waals surface area contributed by atoms with Gasteiger partial charge in [0, 0.05) is 27.7 Å². The van der Waals surface area contributed by atoms with E-state index in [1.807, 2.05) is 37.3 Å². The van der Waals surface area contributed by atoms with E-state index < -0.39 is 0 Å². The van der Waals surface area contributed by atoms with Crippen LogP contribution in [-0.2, 0) is 17.6 Å². The number of benzene rings is 1. The summed E-state index contributed by atoms with van der Waals surface area (Å²) in [6.07, 6.45) is 4.16. The Balaban J connectivity index is 1.49. The third-order valence-electron chi connectivity index (χ3n) is 4.64. The van der Waals surface area contributed by atoms with Gasteiger partial charge in [0.05, 0.1) is 11.4 Å². The molecule has 1 aliphatic carbocycles. The second kappa shape index (κ2) is 7.17. The van der Waals surface area contributed by atoms with Crippen LogP contribution in [0.25, 0.3) is 10.7 Å². The topological polar surface area (TPSA) is 54.9 Å². The van der Waals surface area contributed by atoms with Crippen molar-refractivity contribution in [2.24, 2.45) is 5.92 Å². The molecule has 1 aromatic carbocycles. The fraction of sp³-hybridized carbons (Fsp3) is 0.250. The number of hydrogen-bond donors (Lipinski definition) is 1. The van der Waals surface area contributed by atoms with Crippen LogP contribution in [0, 0.1) is 12.8 Å². The van der Waals surface area contributed by atoms with Gasteiger partial charge in [0.1, 0.15) is 5.01 Å². The fourth-order valence-electron chi connectivity index (χ4n) is 3.20. The molecule has 0 radical (unpaired) electrons. The van der Waals surface area contributed by atoms with Crippen molar-refractivity contribution in [3.05, 3.63) is 63.8 Å². The summed E-state index contributed by atoms with van der Waals surface area (Å²) in [5.74, 6) is 0.0310. The molecular weight excluding hydrogens is 366 g/mol. The Hall–Kier alpha value is -2.24. The lowest BCUT2D eigenvalue weighted by atomic mass is 9.90. The molecule has 1 amide bonds. The number of amides is 1. The van der Waals surface area contributed by atoms with E-state index in [1.54, 1.807) is 23.6 Å². The molecular formula is C20H18ClN3OS. The van der Waals surface area contributed by atoms with Crippen LogP contribution >= 0.6 is 22.9 Å². The molecule has 0 aliphatic heterocycles. The molecule has 0 spiro atoms. The number of carbonyl (C=O) groups is 1. The Morgan fingerprint density at radius 3 is 2.96 bits per heavy atom. The lowest BCUT2D eigenvalue weighted by molar-refractivity contribution is -0.120. The lowest BCUT2D eigenvalue weighted by Crippen LogP contribution is -2.28. The van der Waals surface area contributed by atoms with Crippen LogP contribution in [0.5, 0.6) is 0 Å². The van der Waals surface area contributed by atoms with Crippen LogP contribution in [0.4, 0.5) is 5.69 Å². The third kappa shape index (κ3) is 3.50. The molecule has 2 heterocycles. The molecule has 2 aromatic heterocycles. The Morgan fingerprint density at radius 2 is 2.19 bits per heavy atom. The average Bonchev–Trinajstić information content (AvgIpc) is 3.08. The van der Waals surface area contributed by atoms with Crippen LogP contribution in [-0.4, -0.2) is 15.9 Å². The molecule has 1 aliphatic rings. The number of nitrogens with one attached hydrogen (secondary N) is 1. The van der Waals surface area contributed by atoms with Crippen LogP contribution in [0.1, 0.15) is 22.6 Å². The molecule has 4 rings (SSSR count). The number of halogens is 1. The molecule has 0 bridgehead atoms. The molecule has 0 saturated carbocycles. The Morgan fingerprint density at radius 1 is 1.31 bits per heavy atom. The summed E-state index contributed by atoms with van der Waals surface area (Å²) in [5.41, 5.74) is 3.80. The number of nitrogens with zero attached hydrogens (tertiary/aromatic N) is 2. The normalized spacial score (nSPS) is 16.2. The zero-order valence-electron chi connectivity index (χ0n) is 14.3. The van der Waals surface area contributed by atoms with Crippen molar-refractivity contribution in [1.82, 2.24) is 9.97 Å². The summed E-state index contributed by atoms with van der Waals surface area (Å²) in [7, 11) is 0. The lowest BCUT2D eigenvalue weighted by Gasteiger charge is -2.21. The highest BCUT2D eigenvalue weighted by Gasteiger charge is 2.28. The van der Waals surface area contributed by atoms with Gasteiger partial charge in [-0.15, -0.1) is 11.3 Å². The van der Waals surface area contributed by atoms with Crippen molar-refractivity contribution in [3.63, 3.8) is 0 Å². The quantitative estimate of drug-likeness (QED) is 0.699. The summed E-state index contributed by atoms with van der Waals surface area (Å²) in [6, 6.07) is 11.3. The second-order valence-electron chi connectivity index (χ2n) is 6.49. The van der Waals surface area contributed by atoms with Gasteiger partial charge in [-0.1, -0.05) is 17.7 Å². The van der Waals surface area contributed by atoms with Gasteiger partial charge < -0.3 is 5.32 Å². The Labute approximate surface area is 161 Å². The van der Waals surface area contributed by atoms with Crippen molar-refractivity contribution in [1.29, 1.82) is 0 Å². The van der Waals surface area contributed by atoms with Crippen molar-refractivity contribution < 1.29 is 4.79 Å². The summed E-state index contributed by atoms with van der Waals surface area (Å²) in [4.78, 5) is 23.0. The van der Waals surface area contributed by atoms with Gasteiger partial charge in [0.15, 0.2) is 0 Å². The van der Waals surface area contributed by atoms with E-state index in [1.165, 1.54) is 4.88 Å². The van der Waals surface area contributed by atoms with E-state index in [0.717, 1.165) is 46.9 Å². The number of pyridine rings is 1.